The number of nitrogens with one attached hydrogen (secondary N) is 7. The molecule has 10 N–H and O–H groups in total. The molecule has 7 amide bonds. The summed E-state index contributed by atoms with van der Waals surface area (Å²) in [5.41, 5.74) is 5.92. The highest BCUT2D eigenvalue weighted by atomic mass is 16.4. The van der Waals surface area contributed by atoms with Crippen LogP contribution in [0.2, 0.25) is 0 Å². The quantitative estimate of drug-likeness (QED) is 0.187. The number of nitrogens with zero attached hydrogens (tertiary/aromatic N) is 3. The van der Waals surface area contributed by atoms with Crippen molar-refractivity contribution in [3.05, 3.63) is 25.1 Å². The summed E-state index contributed by atoms with van der Waals surface area (Å²) in [7, 11) is 1.84. The van der Waals surface area contributed by atoms with Crippen LogP contribution >= 0.6 is 0 Å². The molecule has 20 heteroatoms. The summed E-state index contributed by atoms with van der Waals surface area (Å²) >= 11 is 0. The van der Waals surface area contributed by atoms with Crippen molar-refractivity contribution in [2.45, 2.75) is 128 Å². The van der Waals surface area contributed by atoms with Crippen LogP contribution in [0.3, 0.4) is 0 Å². The number of aliphatic carboxylic acids is 1. The lowest BCUT2D eigenvalue weighted by Crippen LogP contribution is -2.32. The Morgan fingerprint density at radius 2 is 1.26 bits per heavy atom. The van der Waals surface area contributed by atoms with Crippen LogP contribution in [-0.4, -0.2) is 165 Å². The van der Waals surface area contributed by atoms with Crippen LogP contribution in [0.5, 0.6) is 0 Å². The predicted octanol–water partition coefficient (Wildman–Crippen LogP) is 1.07. The lowest BCUT2D eigenvalue weighted by Gasteiger charge is -2.10. The van der Waals surface area contributed by atoms with Crippen LogP contribution in [0.15, 0.2) is 25.1 Å². The molecule has 370 valence electrons. The third kappa shape index (κ3) is 29.2. The predicted molar refractivity (Wildman–Crippen MR) is 250 cm³/mol. The molecular formula is C45H81N11O9. The number of ketones is 1. The largest absolute Gasteiger partial charge is 0.480 e. The van der Waals surface area contributed by atoms with Gasteiger partial charge < -0.3 is 62.8 Å². The Balaban J connectivity index is 0.000000368. The number of rotatable bonds is 5. The van der Waals surface area contributed by atoms with Crippen molar-refractivity contribution >= 4 is 47.3 Å². The van der Waals surface area contributed by atoms with E-state index in [1.54, 1.807) is 16.0 Å². The van der Waals surface area contributed by atoms with Gasteiger partial charge in [-0.15, -0.1) is 0 Å². The average Bonchev–Trinajstić information content (AvgIpc) is 4.13. The number of carboxylic acid groups (broad SMARTS) is 1. The molecule has 0 aliphatic carbocycles. The maximum Gasteiger partial charge on any atom is 0.326 e. The van der Waals surface area contributed by atoms with Gasteiger partial charge in [-0.25, -0.2) is 9.59 Å². The molecule has 1 unspecified atom stereocenters. The number of nitrogens with two attached hydrogens (primary N) is 1. The molecule has 0 radical (unpaired) electrons. The Kier molecular flexibility index (Phi) is 32.2. The van der Waals surface area contributed by atoms with E-state index in [0.717, 1.165) is 97.3 Å². The highest BCUT2D eigenvalue weighted by molar-refractivity contribution is 5.87. The number of carboxylic acids is 1. The van der Waals surface area contributed by atoms with E-state index in [0.29, 0.717) is 49.6 Å². The molecule has 0 saturated carbocycles. The minimum absolute atomic E-state index is 0.0463. The van der Waals surface area contributed by atoms with Gasteiger partial charge in [-0.05, 0) is 97.1 Å². The van der Waals surface area contributed by atoms with Gasteiger partial charge in [0.15, 0.2) is 5.78 Å². The van der Waals surface area contributed by atoms with E-state index in [1.807, 2.05) is 18.9 Å². The fraction of sp³-hybridized carbons (Fsp3) is 0.733. The minimum atomic E-state index is -0.944. The summed E-state index contributed by atoms with van der Waals surface area (Å²) in [6, 6.07) is -0.745. The standard InChI is InChI=1S/C7H12N2O.C6H11NO.C6H9NO.C5H7NO3.C5H9NO.C5H11N.C4H7NO.C4H9N.C3H6N2O/c1-5(8)4-6-7(10)2-3-9-6;2*1-2-7-5-3-4-6(7)8;7-4-2-1-3(6-4)5(8)9;1-6-4-2-3-5(6)7;1-2-4-6-5-3-1;6-4-2-1-3-5-4;1-2-4-5-3-1;6-3-4-1-2-5-3/h6,9H,1-4,8H2;2-5H2,1H3;2H,1,3-5H2;3H,1-2H2,(H,6,7)(H,8,9);2-4H2,1H3;6H,1-5H2;1-3H2,(H,5,6);5H,1-4H2;1-2H2,(H2,4,5,6)/t;;;3-;;;;;/m...0...../s1. The van der Waals surface area contributed by atoms with Crippen LogP contribution in [0.1, 0.15) is 116 Å². The van der Waals surface area contributed by atoms with Crippen molar-refractivity contribution in [2.24, 2.45) is 5.73 Å². The SMILES string of the molecule is C1CCNC1.C1CCNCC1.C=C(N)CC1NCCC1=O.C=CN1CCCC1=O.CCN1CCCC1=O.CN1CCCC1=O.O=C1CCCN1.O=C1CC[C@@H](C(=O)O)N1.O=C1NCCN1. The van der Waals surface area contributed by atoms with Gasteiger partial charge in [0.25, 0.3) is 0 Å². The summed E-state index contributed by atoms with van der Waals surface area (Å²) in [6.45, 7) is 21.0. The molecule has 9 heterocycles. The second kappa shape index (κ2) is 36.2. The van der Waals surface area contributed by atoms with Gasteiger partial charge in [-0.3, -0.25) is 28.8 Å². The number of urea groups is 1. The smallest absolute Gasteiger partial charge is 0.326 e. The molecular weight excluding hydrogens is 839 g/mol. The molecule has 65 heavy (non-hydrogen) atoms. The Morgan fingerprint density at radius 1 is 0.677 bits per heavy atom. The van der Waals surface area contributed by atoms with Gasteiger partial charge in [0.05, 0.1) is 6.04 Å². The Morgan fingerprint density at radius 3 is 1.49 bits per heavy atom. The minimum Gasteiger partial charge on any atom is -0.480 e. The van der Waals surface area contributed by atoms with E-state index >= 15 is 0 Å². The molecule has 2 atom stereocenters. The van der Waals surface area contributed by atoms with E-state index < -0.39 is 12.0 Å². The Labute approximate surface area is 386 Å². The van der Waals surface area contributed by atoms with Crippen molar-refractivity contribution in [3.8, 4) is 0 Å². The highest BCUT2D eigenvalue weighted by Gasteiger charge is 2.26. The van der Waals surface area contributed by atoms with E-state index in [4.69, 9.17) is 10.8 Å². The number of likely N-dealkylation sites (tertiary alicyclic amines) is 3. The first-order chi connectivity index (χ1) is 31.2. The molecule has 0 aromatic rings. The molecule has 0 aromatic carbocycles. The van der Waals surface area contributed by atoms with Gasteiger partial charge >= 0.3 is 12.0 Å². The zero-order valence-corrected chi connectivity index (χ0v) is 39.3. The monoisotopic (exact) mass is 920 g/mol. The van der Waals surface area contributed by atoms with Crippen molar-refractivity contribution in [2.75, 3.05) is 85.6 Å². The fourth-order valence-corrected chi connectivity index (χ4v) is 7.00. The molecule has 9 saturated heterocycles. The zero-order chi connectivity index (χ0) is 48.2. The number of piperidine rings is 1. The molecule has 9 aliphatic rings. The summed E-state index contributed by atoms with van der Waals surface area (Å²) in [4.78, 5) is 88.8. The van der Waals surface area contributed by atoms with Crippen molar-refractivity contribution in [1.82, 2.24) is 51.9 Å². The van der Waals surface area contributed by atoms with Gasteiger partial charge in [0.2, 0.25) is 29.5 Å². The molecule has 9 fully saturated rings. The first-order valence-electron chi connectivity index (χ1n) is 23.5. The van der Waals surface area contributed by atoms with Crippen molar-refractivity contribution < 1.29 is 43.5 Å². The third-order valence-corrected chi connectivity index (χ3v) is 10.9. The number of hydrogen-bond donors (Lipinski definition) is 9. The maximum absolute atomic E-state index is 11.0. The number of carbonyl (C=O) groups is 8. The zero-order valence-electron chi connectivity index (χ0n) is 39.3. The Hall–Kier alpha value is -5.08. The van der Waals surface area contributed by atoms with E-state index in [2.05, 4.69) is 50.4 Å². The fourth-order valence-electron chi connectivity index (χ4n) is 7.00. The van der Waals surface area contributed by atoms with Crippen molar-refractivity contribution in [3.63, 3.8) is 0 Å². The topological polar surface area (TPSA) is 277 Å². The van der Waals surface area contributed by atoms with Gasteiger partial charge in [0.1, 0.15) is 6.04 Å². The highest BCUT2D eigenvalue weighted by Crippen LogP contribution is 2.10. The second-order valence-corrected chi connectivity index (χ2v) is 16.4. The van der Waals surface area contributed by atoms with Crippen LogP contribution in [0.4, 0.5) is 4.79 Å². The Bertz CT molecular complexity index is 1440. The summed E-state index contributed by atoms with van der Waals surface area (Å²) < 4.78 is 0. The summed E-state index contributed by atoms with van der Waals surface area (Å²) in [5.74, 6) is 0.178. The summed E-state index contributed by atoms with van der Waals surface area (Å²) in [6.07, 6.45) is 17.7. The average molecular weight is 920 g/mol. The number of hydrogen-bond acceptors (Lipinski definition) is 12. The van der Waals surface area contributed by atoms with E-state index in [1.165, 1.54) is 58.3 Å². The molecule has 9 rings (SSSR count). The van der Waals surface area contributed by atoms with Crippen LogP contribution < -0.4 is 43.0 Å². The number of Topliss-reactive ketones (excluding diaryl/α,β-unsaturated/α-hetero) is 1. The van der Waals surface area contributed by atoms with E-state index in [-0.39, 0.29) is 35.6 Å². The molecule has 9 aliphatic heterocycles. The normalized spacial score (nSPS) is 22.4. The molecule has 0 bridgehead atoms. The van der Waals surface area contributed by atoms with Gasteiger partial charge in [-0.2, -0.15) is 0 Å². The molecule has 0 aromatic heterocycles. The first-order valence-corrected chi connectivity index (χ1v) is 23.5. The van der Waals surface area contributed by atoms with Gasteiger partial charge in [-0.1, -0.05) is 19.6 Å². The molecule has 20 nitrogen and oxygen atoms in total. The lowest BCUT2D eigenvalue weighted by atomic mass is 10.1. The van der Waals surface area contributed by atoms with Crippen LogP contribution in [0.25, 0.3) is 0 Å². The van der Waals surface area contributed by atoms with Crippen LogP contribution in [0, 0.1) is 0 Å². The second-order valence-electron chi connectivity index (χ2n) is 16.4. The number of carbonyl (C=O) groups excluding carboxylic acids is 7. The van der Waals surface area contributed by atoms with Crippen LogP contribution in [-0.2, 0) is 33.6 Å². The maximum atomic E-state index is 11.0. The first kappa shape index (κ1) is 57.9. The van der Waals surface area contributed by atoms with E-state index in [9.17, 15) is 38.4 Å². The molecule has 0 spiro atoms. The lowest BCUT2D eigenvalue weighted by molar-refractivity contribution is -0.140. The number of amides is 7. The third-order valence-electron chi connectivity index (χ3n) is 10.9. The van der Waals surface area contributed by atoms with Crippen molar-refractivity contribution in [1.29, 1.82) is 0 Å². The van der Waals surface area contributed by atoms with Gasteiger partial charge in [0, 0.05) is 110 Å². The summed E-state index contributed by atoms with van der Waals surface area (Å²) in [5, 5.41) is 28.0.